The van der Waals surface area contributed by atoms with Crippen LogP contribution in [0.25, 0.3) is 11.7 Å². The Morgan fingerprint density at radius 2 is 1.85 bits per heavy atom. The molecule has 5 heteroatoms. The molecule has 5 nitrogen and oxygen atoms in total. The molecule has 1 saturated heterocycles. The van der Waals surface area contributed by atoms with Crippen molar-refractivity contribution < 1.29 is 4.79 Å². The van der Waals surface area contributed by atoms with E-state index in [0.717, 1.165) is 30.1 Å². The molecule has 1 aliphatic heterocycles. The van der Waals surface area contributed by atoms with Crippen molar-refractivity contribution >= 4 is 29.0 Å². The Kier molecular flexibility index (Phi) is 4.69. The maximum Gasteiger partial charge on any atom is 0.248 e. The molecule has 1 aliphatic rings. The SMILES string of the molecule is O=C(/C=C/c1cnc2ccccn12)Nc1ccc(N2CCCCC2)cc1. The summed E-state index contributed by atoms with van der Waals surface area (Å²) in [5.41, 5.74) is 3.76. The molecule has 0 atom stereocenters. The van der Waals surface area contributed by atoms with Crippen molar-refractivity contribution in [1.82, 2.24) is 9.38 Å². The van der Waals surface area contributed by atoms with Gasteiger partial charge in [-0.3, -0.25) is 4.79 Å². The first kappa shape index (κ1) is 16.4. The van der Waals surface area contributed by atoms with Gasteiger partial charge in [0.25, 0.3) is 0 Å². The number of aromatic nitrogens is 2. The standard InChI is InChI=1S/C21H22N4O/c26-21(12-11-19-16-22-20-6-2-5-15-25(19)20)23-17-7-9-18(10-8-17)24-13-3-1-4-14-24/h2,5-12,15-16H,1,3-4,13-14H2,(H,23,26)/b12-11+. The number of carbonyl (C=O) groups is 1. The Bertz CT molecular complexity index is 921. The van der Waals surface area contributed by atoms with Crippen molar-refractivity contribution in [3.63, 3.8) is 0 Å². The van der Waals surface area contributed by atoms with Crippen molar-refractivity contribution in [3.05, 3.63) is 66.6 Å². The fraction of sp³-hybridized carbons (Fsp3) is 0.238. The Morgan fingerprint density at radius 3 is 2.65 bits per heavy atom. The normalized spacial score (nSPS) is 14.8. The maximum absolute atomic E-state index is 12.2. The van der Waals surface area contributed by atoms with Crippen molar-refractivity contribution in [3.8, 4) is 0 Å². The van der Waals surface area contributed by atoms with Crippen LogP contribution in [-0.4, -0.2) is 28.4 Å². The topological polar surface area (TPSA) is 49.6 Å². The minimum absolute atomic E-state index is 0.151. The van der Waals surface area contributed by atoms with E-state index in [1.54, 1.807) is 12.3 Å². The molecular formula is C21H22N4O. The van der Waals surface area contributed by atoms with E-state index in [-0.39, 0.29) is 5.91 Å². The third kappa shape index (κ3) is 3.61. The Morgan fingerprint density at radius 1 is 1.04 bits per heavy atom. The summed E-state index contributed by atoms with van der Waals surface area (Å²) in [7, 11) is 0. The summed E-state index contributed by atoms with van der Waals surface area (Å²) in [6.07, 6.45) is 10.8. The molecule has 3 heterocycles. The van der Waals surface area contributed by atoms with Crippen molar-refractivity contribution in [2.24, 2.45) is 0 Å². The lowest BCUT2D eigenvalue weighted by atomic mass is 10.1. The van der Waals surface area contributed by atoms with Crippen LogP contribution in [0.2, 0.25) is 0 Å². The first-order valence-electron chi connectivity index (χ1n) is 9.06. The molecule has 0 unspecified atom stereocenters. The molecule has 0 aliphatic carbocycles. The van der Waals surface area contributed by atoms with E-state index < -0.39 is 0 Å². The first-order valence-corrected chi connectivity index (χ1v) is 9.06. The van der Waals surface area contributed by atoms with Gasteiger partial charge in [0.2, 0.25) is 5.91 Å². The molecule has 4 rings (SSSR count). The molecule has 1 fully saturated rings. The Hall–Kier alpha value is -3.08. The Balaban J connectivity index is 1.40. The second-order valence-electron chi connectivity index (χ2n) is 6.53. The van der Waals surface area contributed by atoms with E-state index in [4.69, 9.17) is 0 Å². The van der Waals surface area contributed by atoms with E-state index in [1.165, 1.54) is 31.0 Å². The summed E-state index contributed by atoms with van der Waals surface area (Å²) in [6.45, 7) is 2.24. The summed E-state index contributed by atoms with van der Waals surface area (Å²) in [6, 6.07) is 13.9. The molecule has 0 bridgehead atoms. The van der Waals surface area contributed by atoms with Crippen LogP contribution < -0.4 is 10.2 Å². The van der Waals surface area contributed by atoms with Crippen LogP contribution in [0.5, 0.6) is 0 Å². The van der Waals surface area contributed by atoms with Gasteiger partial charge < -0.3 is 14.6 Å². The zero-order valence-electron chi connectivity index (χ0n) is 14.6. The number of anilines is 2. The summed E-state index contributed by atoms with van der Waals surface area (Å²) in [5, 5.41) is 2.91. The quantitative estimate of drug-likeness (QED) is 0.727. The number of fused-ring (bicyclic) bond motifs is 1. The van der Waals surface area contributed by atoms with E-state index in [1.807, 2.05) is 40.9 Å². The second kappa shape index (κ2) is 7.44. The monoisotopic (exact) mass is 346 g/mol. The summed E-state index contributed by atoms with van der Waals surface area (Å²) in [4.78, 5) is 18.9. The van der Waals surface area contributed by atoms with Crippen LogP contribution in [0, 0.1) is 0 Å². The number of rotatable bonds is 4. The largest absolute Gasteiger partial charge is 0.372 e. The predicted molar refractivity (Wildman–Crippen MR) is 105 cm³/mol. The van der Waals surface area contributed by atoms with Gasteiger partial charge in [-0.05, 0) is 61.7 Å². The molecule has 2 aromatic heterocycles. The van der Waals surface area contributed by atoms with Gasteiger partial charge in [0.15, 0.2) is 0 Å². The van der Waals surface area contributed by atoms with Crippen LogP contribution in [0.3, 0.4) is 0 Å². The van der Waals surface area contributed by atoms with E-state index >= 15 is 0 Å². The highest BCUT2D eigenvalue weighted by molar-refractivity contribution is 6.01. The summed E-state index contributed by atoms with van der Waals surface area (Å²) in [5.74, 6) is -0.151. The smallest absolute Gasteiger partial charge is 0.248 e. The van der Waals surface area contributed by atoms with Gasteiger partial charge in [0, 0.05) is 36.7 Å². The molecule has 3 aromatic rings. The average Bonchev–Trinajstić information content (AvgIpc) is 3.11. The number of piperidine rings is 1. The van der Waals surface area contributed by atoms with Crippen LogP contribution in [0.4, 0.5) is 11.4 Å². The first-order chi connectivity index (χ1) is 12.8. The minimum atomic E-state index is -0.151. The number of hydrogen-bond donors (Lipinski definition) is 1. The molecule has 26 heavy (non-hydrogen) atoms. The molecule has 1 N–H and O–H groups in total. The number of imidazole rings is 1. The number of carbonyl (C=O) groups excluding carboxylic acids is 1. The molecule has 132 valence electrons. The molecule has 1 aromatic carbocycles. The molecule has 0 saturated carbocycles. The number of benzene rings is 1. The second-order valence-corrected chi connectivity index (χ2v) is 6.53. The van der Waals surface area contributed by atoms with Gasteiger partial charge >= 0.3 is 0 Å². The van der Waals surface area contributed by atoms with E-state index in [9.17, 15) is 4.79 Å². The van der Waals surface area contributed by atoms with Gasteiger partial charge in [-0.2, -0.15) is 0 Å². The van der Waals surface area contributed by atoms with E-state index in [2.05, 4.69) is 27.3 Å². The van der Waals surface area contributed by atoms with Crippen molar-refractivity contribution in [1.29, 1.82) is 0 Å². The van der Waals surface area contributed by atoms with Crippen LogP contribution in [0.1, 0.15) is 25.0 Å². The van der Waals surface area contributed by atoms with Gasteiger partial charge in [-0.15, -0.1) is 0 Å². The zero-order valence-corrected chi connectivity index (χ0v) is 14.6. The third-order valence-electron chi connectivity index (χ3n) is 4.71. The molecule has 0 spiro atoms. The van der Waals surface area contributed by atoms with Crippen LogP contribution in [0.15, 0.2) is 60.9 Å². The Labute approximate surface area is 153 Å². The highest BCUT2D eigenvalue weighted by Gasteiger charge is 2.10. The van der Waals surface area contributed by atoms with Gasteiger partial charge in [-0.1, -0.05) is 6.07 Å². The average molecular weight is 346 g/mol. The maximum atomic E-state index is 12.2. The van der Waals surface area contributed by atoms with Gasteiger partial charge in [0.05, 0.1) is 11.9 Å². The number of amides is 1. The lowest BCUT2D eigenvalue weighted by molar-refractivity contribution is -0.111. The fourth-order valence-corrected chi connectivity index (χ4v) is 3.33. The summed E-state index contributed by atoms with van der Waals surface area (Å²) < 4.78 is 1.94. The summed E-state index contributed by atoms with van der Waals surface area (Å²) >= 11 is 0. The zero-order chi connectivity index (χ0) is 17.8. The molecular weight excluding hydrogens is 324 g/mol. The minimum Gasteiger partial charge on any atom is -0.372 e. The highest BCUT2D eigenvalue weighted by Crippen LogP contribution is 2.21. The molecule has 0 radical (unpaired) electrons. The fourth-order valence-electron chi connectivity index (χ4n) is 3.33. The number of pyridine rings is 1. The van der Waals surface area contributed by atoms with Crippen LogP contribution in [-0.2, 0) is 4.79 Å². The van der Waals surface area contributed by atoms with Crippen molar-refractivity contribution in [2.75, 3.05) is 23.3 Å². The van der Waals surface area contributed by atoms with Crippen molar-refractivity contribution in [2.45, 2.75) is 19.3 Å². The van der Waals surface area contributed by atoms with Crippen LogP contribution >= 0.6 is 0 Å². The highest BCUT2D eigenvalue weighted by atomic mass is 16.1. The van der Waals surface area contributed by atoms with Gasteiger partial charge in [0.1, 0.15) is 5.65 Å². The predicted octanol–water partition coefficient (Wildman–Crippen LogP) is 3.98. The third-order valence-corrected chi connectivity index (χ3v) is 4.71. The number of nitrogens with one attached hydrogen (secondary N) is 1. The lowest BCUT2D eigenvalue weighted by Crippen LogP contribution is -2.29. The molecule has 1 amide bonds. The van der Waals surface area contributed by atoms with E-state index in [0.29, 0.717) is 0 Å². The number of nitrogens with zero attached hydrogens (tertiary/aromatic N) is 3. The van der Waals surface area contributed by atoms with Gasteiger partial charge in [-0.25, -0.2) is 4.98 Å². The number of hydrogen-bond acceptors (Lipinski definition) is 3. The lowest BCUT2D eigenvalue weighted by Gasteiger charge is -2.28.